The summed E-state index contributed by atoms with van der Waals surface area (Å²) in [6, 6.07) is 0. The number of carbonyl (C=O) groups excluding carboxylic acids is 6. The van der Waals surface area contributed by atoms with Gasteiger partial charge in [0.1, 0.15) is 30.0 Å². The molecule has 4 rings (SSSR count). The summed E-state index contributed by atoms with van der Waals surface area (Å²) >= 11 is 0. The molecule has 0 unspecified atom stereocenters. The van der Waals surface area contributed by atoms with E-state index in [0.29, 0.717) is 12.0 Å². The molecular weight excluding hydrogens is 656 g/mol. The lowest BCUT2D eigenvalue weighted by Crippen LogP contribution is -2.82. The van der Waals surface area contributed by atoms with Crippen LogP contribution < -0.4 is 0 Å². The SMILES string of the molecule is CCCCCC(=O)O[C@@H]1[C@H]2[C@]3(OC(C)=O)CO[C@@H]3C[C@H](OC(C)=O)[C@@]2(C)[C@H](OC(C)=O)[C@@H](OC(C)=O)C2=C(C)[C@H](OC(C)=O)C[C@]1(O)C2(C)C. The predicted molar refractivity (Wildman–Crippen MR) is 173 cm³/mol. The number of ether oxygens (including phenoxy) is 7. The number of fused-ring (bicyclic) bond motifs is 5. The highest BCUT2D eigenvalue weighted by molar-refractivity contribution is 5.71. The van der Waals surface area contributed by atoms with E-state index in [9.17, 15) is 33.9 Å². The largest absolute Gasteiger partial charge is 0.462 e. The Kier molecular flexibility index (Phi) is 11.2. The highest BCUT2D eigenvalue weighted by Gasteiger charge is 2.79. The number of hydrogen-bond donors (Lipinski definition) is 1. The van der Waals surface area contributed by atoms with Gasteiger partial charge in [0.05, 0.1) is 17.9 Å². The van der Waals surface area contributed by atoms with Gasteiger partial charge in [-0.3, -0.25) is 28.8 Å². The molecule has 280 valence electrons. The summed E-state index contributed by atoms with van der Waals surface area (Å²) < 4.78 is 42.5. The predicted octanol–water partition coefficient (Wildman–Crippen LogP) is 3.42. The van der Waals surface area contributed by atoms with Gasteiger partial charge in [0.15, 0.2) is 17.8 Å². The van der Waals surface area contributed by atoms with Crippen LogP contribution in [0.4, 0.5) is 0 Å². The molecule has 1 N–H and O–H groups in total. The zero-order valence-electron chi connectivity index (χ0n) is 30.7. The average Bonchev–Trinajstić information content (AvgIpc) is 2.96. The van der Waals surface area contributed by atoms with E-state index in [1.165, 1.54) is 34.6 Å². The van der Waals surface area contributed by atoms with Crippen molar-refractivity contribution in [3.63, 3.8) is 0 Å². The van der Waals surface area contributed by atoms with E-state index in [0.717, 1.165) is 12.8 Å². The summed E-state index contributed by atoms with van der Waals surface area (Å²) in [6.07, 6.45) is -5.96. The molecule has 0 radical (unpaired) electrons. The molecule has 1 saturated heterocycles. The van der Waals surface area contributed by atoms with E-state index >= 15 is 0 Å². The fourth-order valence-corrected chi connectivity index (χ4v) is 9.12. The standard InChI is InChI=1S/C36H52O14/c1-11-12-13-14-27(42)49-32-30-34(10,25(46-20(4)38)15-26-35(30,17-44-26)50-23(7)41)31(48-22(6)40)29(47-21(5)39)28-18(2)24(45-19(3)37)16-36(32,43)33(28,8)9/h24-26,29-32,43H,11-17H2,1-10H3/t24-,25+,26-,29+,30-,31-,32-,34-,35+,36-/m1/s1. The summed E-state index contributed by atoms with van der Waals surface area (Å²) in [5.74, 6) is -5.57. The zero-order chi connectivity index (χ0) is 37.6. The molecule has 2 saturated carbocycles. The summed E-state index contributed by atoms with van der Waals surface area (Å²) in [6.45, 7) is 14.4. The summed E-state index contributed by atoms with van der Waals surface area (Å²) in [5, 5.41) is 13.4. The van der Waals surface area contributed by atoms with E-state index in [-0.39, 0.29) is 31.4 Å². The fraction of sp³-hybridized carbons (Fsp3) is 0.778. The number of aliphatic hydroxyl groups is 1. The molecule has 3 fully saturated rings. The fourth-order valence-electron chi connectivity index (χ4n) is 9.12. The molecule has 2 bridgehead atoms. The minimum absolute atomic E-state index is 0.00328. The van der Waals surface area contributed by atoms with Crippen LogP contribution in [0.3, 0.4) is 0 Å². The summed E-state index contributed by atoms with van der Waals surface area (Å²) in [7, 11) is 0. The van der Waals surface area contributed by atoms with Crippen LogP contribution in [0.15, 0.2) is 11.1 Å². The topological polar surface area (TPSA) is 187 Å². The van der Waals surface area contributed by atoms with E-state index < -0.39 is 100 Å². The molecule has 50 heavy (non-hydrogen) atoms. The van der Waals surface area contributed by atoms with Crippen molar-refractivity contribution in [1.82, 2.24) is 0 Å². The van der Waals surface area contributed by atoms with Crippen molar-refractivity contribution in [3.8, 4) is 0 Å². The van der Waals surface area contributed by atoms with Gasteiger partial charge in [-0.05, 0) is 24.5 Å². The number of unbranched alkanes of at least 4 members (excludes halogenated alkanes) is 2. The average molecular weight is 709 g/mol. The Labute approximate surface area is 292 Å². The highest BCUT2D eigenvalue weighted by atomic mass is 16.6. The second kappa shape index (κ2) is 14.2. The molecule has 0 spiro atoms. The van der Waals surface area contributed by atoms with Crippen LogP contribution in [0.5, 0.6) is 0 Å². The maximum absolute atomic E-state index is 13.9. The molecule has 0 amide bonds. The first-order valence-corrected chi connectivity index (χ1v) is 17.3. The quantitative estimate of drug-likeness (QED) is 0.150. The first kappa shape index (κ1) is 39.3. The van der Waals surface area contributed by atoms with Crippen molar-refractivity contribution in [2.75, 3.05) is 6.61 Å². The van der Waals surface area contributed by atoms with Crippen LogP contribution in [0.25, 0.3) is 0 Å². The summed E-state index contributed by atoms with van der Waals surface area (Å²) in [5.41, 5.74) is -6.19. The van der Waals surface area contributed by atoms with E-state index in [2.05, 4.69) is 0 Å². The third-order valence-electron chi connectivity index (χ3n) is 11.3. The van der Waals surface area contributed by atoms with Gasteiger partial charge in [0.25, 0.3) is 0 Å². The minimum atomic E-state index is -2.13. The highest BCUT2D eigenvalue weighted by Crippen LogP contribution is 2.66. The van der Waals surface area contributed by atoms with E-state index in [1.54, 1.807) is 27.7 Å². The van der Waals surface area contributed by atoms with Gasteiger partial charge in [-0.25, -0.2) is 0 Å². The Bertz CT molecular complexity index is 1430. The zero-order valence-corrected chi connectivity index (χ0v) is 30.7. The van der Waals surface area contributed by atoms with Gasteiger partial charge in [0.2, 0.25) is 0 Å². The van der Waals surface area contributed by atoms with Gasteiger partial charge in [-0.2, -0.15) is 0 Å². The van der Waals surface area contributed by atoms with Crippen LogP contribution in [0, 0.1) is 16.7 Å². The lowest BCUT2D eigenvalue weighted by molar-refractivity contribution is -0.366. The Morgan fingerprint density at radius 2 is 1.40 bits per heavy atom. The second-order valence-electron chi connectivity index (χ2n) is 14.9. The minimum Gasteiger partial charge on any atom is -0.462 e. The summed E-state index contributed by atoms with van der Waals surface area (Å²) in [4.78, 5) is 78.1. The molecular formula is C36H52O14. The molecule has 14 nitrogen and oxygen atoms in total. The third-order valence-corrected chi connectivity index (χ3v) is 11.3. The second-order valence-corrected chi connectivity index (χ2v) is 14.9. The van der Waals surface area contributed by atoms with Gasteiger partial charge in [-0.1, -0.05) is 40.5 Å². The third kappa shape index (κ3) is 6.65. The van der Waals surface area contributed by atoms with Crippen molar-refractivity contribution >= 4 is 35.8 Å². The Balaban J connectivity index is 2.20. The van der Waals surface area contributed by atoms with Crippen LogP contribution in [-0.2, 0) is 61.9 Å². The lowest BCUT2D eigenvalue weighted by atomic mass is 9.44. The van der Waals surface area contributed by atoms with Crippen LogP contribution in [0.1, 0.15) is 108 Å². The number of esters is 6. The molecule has 14 heteroatoms. The van der Waals surface area contributed by atoms with Crippen molar-refractivity contribution in [3.05, 3.63) is 11.1 Å². The molecule has 0 aromatic carbocycles. The maximum Gasteiger partial charge on any atom is 0.306 e. The van der Waals surface area contributed by atoms with Crippen LogP contribution in [0.2, 0.25) is 0 Å². The van der Waals surface area contributed by atoms with E-state index in [4.69, 9.17) is 33.2 Å². The van der Waals surface area contributed by atoms with E-state index in [1.807, 2.05) is 6.92 Å². The van der Waals surface area contributed by atoms with Gasteiger partial charge < -0.3 is 38.3 Å². The molecule has 3 aliphatic carbocycles. The number of hydrogen-bond acceptors (Lipinski definition) is 14. The number of carbonyl (C=O) groups is 6. The maximum atomic E-state index is 13.9. The van der Waals surface area contributed by atoms with Crippen molar-refractivity contribution in [2.45, 2.75) is 156 Å². The smallest absolute Gasteiger partial charge is 0.306 e. The van der Waals surface area contributed by atoms with Crippen molar-refractivity contribution in [1.29, 1.82) is 0 Å². The number of rotatable bonds is 10. The molecule has 4 aliphatic rings. The Morgan fingerprint density at radius 3 is 1.90 bits per heavy atom. The normalized spacial score (nSPS) is 36.9. The first-order valence-electron chi connectivity index (χ1n) is 17.3. The van der Waals surface area contributed by atoms with Crippen molar-refractivity contribution in [2.24, 2.45) is 16.7 Å². The first-order chi connectivity index (χ1) is 23.2. The Morgan fingerprint density at radius 1 is 0.800 bits per heavy atom. The van der Waals surface area contributed by atoms with Gasteiger partial charge in [0, 0.05) is 59.3 Å². The van der Waals surface area contributed by atoms with Crippen molar-refractivity contribution < 1.29 is 67.0 Å². The van der Waals surface area contributed by atoms with Crippen LogP contribution >= 0.6 is 0 Å². The molecule has 0 aromatic heterocycles. The van der Waals surface area contributed by atoms with Gasteiger partial charge in [-0.15, -0.1) is 0 Å². The van der Waals surface area contributed by atoms with Gasteiger partial charge >= 0.3 is 35.8 Å². The molecule has 0 aromatic rings. The monoisotopic (exact) mass is 708 g/mol. The molecule has 10 atom stereocenters. The lowest BCUT2D eigenvalue weighted by Gasteiger charge is -2.69. The Hall–Kier alpha value is -3.52. The van der Waals surface area contributed by atoms with Crippen LogP contribution in [-0.4, -0.2) is 95.4 Å². The molecule has 1 heterocycles. The molecule has 1 aliphatic heterocycles.